The number of carbonyl (C=O) groups excluding carboxylic acids is 1. The molecule has 0 amide bonds. The number of alkyl halides is 3. The number of hydrogen-bond acceptors (Lipinski definition) is 5. The first-order valence-corrected chi connectivity index (χ1v) is 12.8. The molecule has 1 aliphatic rings. The molecule has 5 nitrogen and oxygen atoms in total. The number of carbonyl (C=O) groups is 1. The van der Waals surface area contributed by atoms with Crippen LogP contribution in [0.2, 0.25) is 0 Å². The molecule has 1 aromatic heterocycles. The van der Waals surface area contributed by atoms with E-state index in [4.69, 9.17) is 0 Å². The van der Waals surface area contributed by atoms with Crippen molar-refractivity contribution in [1.29, 1.82) is 0 Å². The number of hydrogen-bond donors (Lipinski definition) is 1. The molecule has 1 fully saturated rings. The largest absolute Gasteiger partial charge is 0.573 e. The fraction of sp³-hybridized carbons (Fsp3) is 0.448. The van der Waals surface area contributed by atoms with Crippen LogP contribution in [0, 0.1) is 0 Å². The molecule has 0 radical (unpaired) electrons. The summed E-state index contributed by atoms with van der Waals surface area (Å²) in [6.07, 6.45) is 7.59. The Balaban J connectivity index is 0.000000604. The third-order valence-corrected chi connectivity index (χ3v) is 6.16. The molecule has 0 saturated heterocycles. The normalized spacial score (nSPS) is 13.6. The van der Waals surface area contributed by atoms with Crippen LogP contribution in [0.15, 0.2) is 55.3 Å². The fourth-order valence-electron chi connectivity index (χ4n) is 4.02. The Morgan fingerprint density at radius 2 is 1.86 bits per heavy atom. The Bertz CT molecular complexity index is 1050. The Morgan fingerprint density at radius 3 is 2.32 bits per heavy atom. The van der Waals surface area contributed by atoms with Gasteiger partial charge < -0.3 is 15.0 Å². The number of nitrogens with one attached hydrogen (secondary N) is 1. The lowest BCUT2D eigenvalue weighted by atomic mass is 9.90. The number of anilines is 3. The number of ketones is 1. The number of aromatic nitrogens is 1. The molecule has 3 rings (SSSR count). The highest BCUT2D eigenvalue weighted by Gasteiger charge is 2.31. The zero-order valence-corrected chi connectivity index (χ0v) is 22.2. The van der Waals surface area contributed by atoms with Crippen molar-refractivity contribution < 1.29 is 22.7 Å². The quantitative estimate of drug-likeness (QED) is 0.303. The average molecular weight is 518 g/mol. The maximum atomic E-state index is 12.4. The van der Waals surface area contributed by atoms with E-state index in [9.17, 15) is 18.0 Å². The molecule has 1 aliphatic carbocycles. The second-order valence-electron chi connectivity index (χ2n) is 8.86. The molecule has 0 spiro atoms. The molecule has 0 bridgehead atoms. The van der Waals surface area contributed by atoms with Crippen LogP contribution in [0.4, 0.5) is 30.4 Å². The van der Waals surface area contributed by atoms with Gasteiger partial charge in [-0.05, 0) is 80.5 Å². The summed E-state index contributed by atoms with van der Waals surface area (Å²) in [5.74, 6) is 0.590. The van der Waals surface area contributed by atoms with Gasteiger partial charge in [0.1, 0.15) is 11.6 Å². The Morgan fingerprint density at radius 1 is 1.19 bits per heavy atom. The minimum Gasteiger partial charge on any atom is -0.406 e. The molecule has 1 heterocycles. The summed E-state index contributed by atoms with van der Waals surface area (Å²) >= 11 is 0. The smallest absolute Gasteiger partial charge is 0.406 e. The molecular formula is C29H38F3N3O2. The van der Waals surface area contributed by atoms with E-state index in [1.807, 2.05) is 13.0 Å². The van der Waals surface area contributed by atoms with E-state index in [0.29, 0.717) is 24.0 Å². The zero-order chi connectivity index (χ0) is 27.4. The molecule has 0 aliphatic heterocycles. The van der Waals surface area contributed by atoms with Crippen LogP contribution in [-0.2, 0) is 4.79 Å². The molecule has 2 aromatic rings. The van der Waals surface area contributed by atoms with Crippen LogP contribution in [0.25, 0.3) is 5.57 Å². The lowest BCUT2D eigenvalue weighted by molar-refractivity contribution is -0.274. The summed E-state index contributed by atoms with van der Waals surface area (Å²) in [5.41, 5.74) is 4.02. The van der Waals surface area contributed by atoms with Crippen LogP contribution in [-0.4, -0.2) is 30.2 Å². The molecule has 37 heavy (non-hydrogen) atoms. The van der Waals surface area contributed by atoms with Crippen molar-refractivity contribution in [2.75, 3.05) is 17.3 Å². The standard InChI is InChI=1S/C23H28F3N3O.C6H10O/c1-4-7-16(5-2)21-20(29(3)18-8-6-9-18)14-15-27-22(21)28-17-10-12-19(13-11-17)30-23(24,25)26;1-3-5-6(7)4-2/h7,10-15,18H,4-6,8-9H2,1-3H3,(H,27,28);4H,2-3,5H2,1H3/b16-7+;. The topological polar surface area (TPSA) is 54.5 Å². The molecule has 1 saturated carbocycles. The number of halogens is 3. The first-order chi connectivity index (χ1) is 17.6. The van der Waals surface area contributed by atoms with Crippen LogP contribution in [0.1, 0.15) is 71.3 Å². The third-order valence-electron chi connectivity index (χ3n) is 6.16. The molecular weight excluding hydrogens is 479 g/mol. The van der Waals surface area contributed by atoms with Crippen LogP contribution >= 0.6 is 0 Å². The van der Waals surface area contributed by atoms with E-state index in [2.05, 4.69) is 53.5 Å². The summed E-state index contributed by atoms with van der Waals surface area (Å²) in [7, 11) is 2.12. The summed E-state index contributed by atoms with van der Waals surface area (Å²) in [4.78, 5) is 17.2. The van der Waals surface area contributed by atoms with Gasteiger partial charge in [0.2, 0.25) is 0 Å². The number of rotatable bonds is 11. The number of ether oxygens (including phenoxy) is 1. The summed E-state index contributed by atoms with van der Waals surface area (Å²) < 4.78 is 41.2. The second kappa shape index (κ2) is 14.4. The summed E-state index contributed by atoms with van der Waals surface area (Å²) in [5, 5.41) is 3.29. The van der Waals surface area contributed by atoms with Gasteiger partial charge in [-0.3, -0.25) is 4.79 Å². The van der Waals surface area contributed by atoms with Crippen molar-refractivity contribution in [3.8, 4) is 5.75 Å². The van der Waals surface area contributed by atoms with Gasteiger partial charge in [-0.1, -0.05) is 33.4 Å². The molecule has 0 atom stereocenters. The van der Waals surface area contributed by atoms with Gasteiger partial charge in [0.25, 0.3) is 0 Å². The van der Waals surface area contributed by atoms with E-state index in [1.165, 1.54) is 43.0 Å². The van der Waals surface area contributed by atoms with Gasteiger partial charge in [0, 0.05) is 42.6 Å². The molecule has 8 heteroatoms. The van der Waals surface area contributed by atoms with Gasteiger partial charge >= 0.3 is 6.36 Å². The van der Waals surface area contributed by atoms with Crippen LogP contribution < -0.4 is 15.0 Å². The van der Waals surface area contributed by atoms with Gasteiger partial charge in [-0.25, -0.2) is 4.98 Å². The first-order valence-electron chi connectivity index (χ1n) is 12.8. The van der Waals surface area contributed by atoms with E-state index in [1.54, 1.807) is 18.3 Å². The highest BCUT2D eigenvalue weighted by Crippen LogP contribution is 2.38. The average Bonchev–Trinajstić information content (AvgIpc) is 2.82. The monoisotopic (exact) mass is 517 g/mol. The Kier molecular flexibility index (Phi) is 11.7. The molecule has 1 N–H and O–H groups in total. The number of nitrogens with zero attached hydrogens (tertiary/aromatic N) is 2. The van der Waals surface area contributed by atoms with Crippen LogP contribution in [0.3, 0.4) is 0 Å². The van der Waals surface area contributed by atoms with Crippen molar-refractivity contribution in [3.05, 3.63) is 60.8 Å². The lowest BCUT2D eigenvalue weighted by Gasteiger charge is -2.38. The van der Waals surface area contributed by atoms with E-state index in [0.717, 1.165) is 30.5 Å². The number of benzene rings is 1. The number of pyridine rings is 1. The predicted octanol–water partition coefficient (Wildman–Crippen LogP) is 8.46. The lowest BCUT2D eigenvalue weighted by Crippen LogP contribution is -2.37. The van der Waals surface area contributed by atoms with Crippen molar-refractivity contribution in [1.82, 2.24) is 4.98 Å². The maximum Gasteiger partial charge on any atom is 0.573 e. The van der Waals surface area contributed by atoms with Gasteiger partial charge in [-0.15, -0.1) is 13.2 Å². The SMILES string of the molecule is C=CC(=O)CCC.CC/C=C(\CC)c1c(N(C)C2CCC2)ccnc1Nc1ccc(OC(F)(F)F)cc1. The van der Waals surface area contributed by atoms with Crippen molar-refractivity contribution in [3.63, 3.8) is 0 Å². The van der Waals surface area contributed by atoms with E-state index >= 15 is 0 Å². The van der Waals surface area contributed by atoms with Gasteiger partial charge in [-0.2, -0.15) is 0 Å². The molecule has 202 valence electrons. The maximum absolute atomic E-state index is 12.4. The van der Waals surface area contributed by atoms with Crippen molar-refractivity contribution in [2.24, 2.45) is 0 Å². The summed E-state index contributed by atoms with van der Waals surface area (Å²) in [6.45, 7) is 9.53. The van der Waals surface area contributed by atoms with Crippen molar-refractivity contribution >= 4 is 28.5 Å². The fourth-order valence-corrected chi connectivity index (χ4v) is 4.02. The summed E-state index contributed by atoms with van der Waals surface area (Å²) in [6, 6.07) is 8.27. The second-order valence-corrected chi connectivity index (χ2v) is 8.86. The van der Waals surface area contributed by atoms with Gasteiger partial charge in [0.05, 0.1) is 0 Å². The van der Waals surface area contributed by atoms with Crippen LogP contribution in [0.5, 0.6) is 5.75 Å². The highest BCUT2D eigenvalue weighted by molar-refractivity contribution is 5.89. The minimum absolute atomic E-state index is 0.141. The Labute approximate surface area is 218 Å². The number of allylic oxidation sites excluding steroid dienone is 3. The van der Waals surface area contributed by atoms with Gasteiger partial charge in [0.15, 0.2) is 5.78 Å². The third kappa shape index (κ3) is 9.26. The zero-order valence-electron chi connectivity index (χ0n) is 22.2. The van der Waals surface area contributed by atoms with E-state index in [-0.39, 0.29) is 11.5 Å². The van der Waals surface area contributed by atoms with Crippen molar-refractivity contribution in [2.45, 2.75) is 78.1 Å². The Hall–Kier alpha value is -3.29. The highest BCUT2D eigenvalue weighted by atomic mass is 19.4. The molecule has 0 unspecified atom stereocenters. The minimum atomic E-state index is -4.70. The molecule has 1 aromatic carbocycles. The predicted molar refractivity (Wildman–Crippen MR) is 145 cm³/mol. The van der Waals surface area contributed by atoms with E-state index < -0.39 is 6.36 Å². The first kappa shape index (κ1) is 29.9.